The number of sulfonamides is 1. The van der Waals surface area contributed by atoms with Gasteiger partial charge in [-0.15, -0.1) is 0 Å². The van der Waals surface area contributed by atoms with Gasteiger partial charge in [-0.3, -0.25) is 5.84 Å². The van der Waals surface area contributed by atoms with Crippen LogP contribution in [0.4, 0.5) is 0 Å². The van der Waals surface area contributed by atoms with Crippen LogP contribution < -0.4 is 10.7 Å². The molecule has 0 aromatic heterocycles. The van der Waals surface area contributed by atoms with E-state index in [2.05, 4.69) is 27.7 Å². The van der Waals surface area contributed by atoms with Crippen LogP contribution in [0.5, 0.6) is 0 Å². The largest absolute Gasteiger partial charge is 0.500 e. The highest BCUT2D eigenvalue weighted by molar-refractivity contribution is 8.14. The maximum absolute atomic E-state index is 11.6. The molecule has 0 atom stereocenters. The Bertz CT molecular complexity index is 2190. The first-order valence-electron chi connectivity index (χ1n) is 21.8. The Morgan fingerprint density at radius 2 is 0.743 bits per heavy atom. The van der Waals surface area contributed by atoms with Gasteiger partial charge in [0.1, 0.15) is 0 Å². The minimum absolute atomic E-state index is 0. The Hall–Kier alpha value is -1.09. The van der Waals surface area contributed by atoms with Crippen molar-refractivity contribution in [3.63, 3.8) is 0 Å². The summed E-state index contributed by atoms with van der Waals surface area (Å²) in [5.74, 6) is 5.01. The number of hydrogen-bond acceptors (Lipinski definition) is 17. The molecule has 0 aliphatic carbocycles. The highest BCUT2D eigenvalue weighted by Crippen LogP contribution is 2.23. The number of hydrogen-bond donors (Lipinski definition) is 3. The molecule has 0 radical (unpaired) electrons. The summed E-state index contributed by atoms with van der Waals surface area (Å²) < 4.78 is 118. The monoisotopic (exact) mass is 1190 g/mol. The summed E-state index contributed by atoms with van der Waals surface area (Å²) in [6.07, 6.45) is 2.06. The number of nitrogens with two attached hydrogens (primary N) is 1. The Balaban J connectivity index is 0. The second-order valence-electron chi connectivity index (χ2n) is 16.4. The number of hydrazine groups is 1. The molecule has 0 heterocycles. The van der Waals surface area contributed by atoms with Crippen LogP contribution in [0.15, 0.2) is 87.5 Å². The minimum atomic E-state index is -3.68. The van der Waals surface area contributed by atoms with E-state index in [0.717, 1.165) is 16.7 Å². The highest BCUT2D eigenvalue weighted by Gasteiger charge is 2.39. The van der Waals surface area contributed by atoms with Crippen molar-refractivity contribution in [3.05, 3.63) is 89.5 Å². The third-order valence-corrected chi connectivity index (χ3v) is 27.6. The van der Waals surface area contributed by atoms with Gasteiger partial charge in [-0.1, -0.05) is 85.4 Å². The summed E-state index contributed by atoms with van der Waals surface area (Å²) in [6, 6.07) is 21.4. The average molecular weight is 1190 g/mol. The molecule has 18 nitrogen and oxygen atoms in total. The van der Waals surface area contributed by atoms with Gasteiger partial charge in [-0.05, 0) is 89.0 Å². The van der Waals surface area contributed by atoms with E-state index in [1.165, 1.54) is 36.4 Å². The molecule has 3 rings (SSSR count). The topological polar surface area (TPSA) is 244 Å². The summed E-state index contributed by atoms with van der Waals surface area (Å²) in [6.45, 7) is 12.6. The van der Waals surface area contributed by atoms with Crippen LogP contribution in [-0.2, 0) is 86.6 Å². The molecule has 0 saturated heterocycles. The quantitative estimate of drug-likeness (QED) is 0.0373. The van der Waals surface area contributed by atoms with Gasteiger partial charge >= 0.3 is 26.4 Å². The van der Waals surface area contributed by atoms with Gasteiger partial charge in [0.25, 0.3) is 28.1 Å². The summed E-state index contributed by atoms with van der Waals surface area (Å²) in [4.78, 5) is 10.4. The first-order chi connectivity index (χ1) is 32.1. The lowest BCUT2D eigenvalue weighted by Gasteiger charge is -2.27. The second kappa shape index (κ2) is 35.2. The van der Waals surface area contributed by atoms with E-state index in [1.54, 1.807) is 91.0 Å². The zero-order valence-corrected chi connectivity index (χ0v) is 53.4. The molecule has 0 saturated carbocycles. The van der Waals surface area contributed by atoms with Gasteiger partial charge in [0.15, 0.2) is 29.3 Å². The SMILES string of the molecule is C.CC(C)[SiH2]O.CO[Si](CCc1ccc(S(=O)(=O)Cl)cc1)(OC)OC.CO[Si](CCc1ccc(S(=O)(=O)Cl)cc1)(OC)O[SiH2]C(C)C.CO[Si](CCc1ccc(S(=O)(=O)NN)cc1)(OC)O[SiH2]C(C)C. The highest BCUT2D eigenvalue weighted by atomic mass is 35.7. The van der Waals surface area contributed by atoms with Gasteiger partial charge in [0.05, 0.1) is 14.7 Å². The van der Waals surface area contributed by atoms with Crippen molar-refractivity contribution in [1.82, 2.24) is 4.83 Å². The predicted molar refractivity (Wildman–Crippen MR) is 294 cm³/mol. The van der Waals surface area contributed by atoms with Crippen molar-refractivity contribution in [2.45, 2.75) is 118 Å². The van der Waals surface area contributed by atoms with E-state index in [0.29, 0.717) is 54.0 Å². The molecule has 3 aromatic rings. The molecule has 0 unspecified atom stereocenters. The maximum atomic E-state index is 11.6. The van der Waals surface area contributed by atoms with Crippen LogP contribution in [-0.4, -0.2) is 136 Å². The summed E-state index contributed by atoms with van der Waals surface area (Å²) in [5.41, 5.74) is 4.58. The van der Waals surface area contributed by atoms with Crippen LogP contribution in [0.25, 0.3) is 0 Å². The molecule has 29 heteroatoms. The molecule has 406 valence electrons. The van der Waals surface area contributed by atoms with Crippen molar-refractivity contribution in [1.29, 1.82) is 0 Å². The van der Waals surface area contributed by atoms with Crippen molar-refractivity contribution in [2.24, 2.45) is 5.84 Å². The molecule has 4 N–H and O–H groups in total. The number of aryl methyl sites for hydroxylation is 3. The fraction of sp³-hybridized carbons (Fsp3) is 0.561. The molecule has 0 aliphatic rings. The molecule has 0 fully saturated rings. The number of benzene rings is 3. The Morgan fingerprint density at radius 3 is 0.943 bits per heavy atom. The van der Waals surface area contributed by atoms with E-state index in [4.69, 9.17) is 71.2 Å². The van der Waals surface area contributed by atoms with E-state index in [-0.39, 0.29) is 22.1 Å². The first-order valence-corrected chi connectivity index (χ1v) is 37.9. The molecule has 70 heavy (non-hydrogen) atoms. The predicted octanol–water partition coefficient (Wildman–Crippen LogP) is 5.42. The average Bonchev–Trinajstić information content (AvgIpc) is 3.33. The number of halogens is 2. The maximum Gasteiger partial charge on any atom is 0.500 e. The molecule has 0 spiro atoms. The standard InChI is InChI=1S/C13H23ClO5SSi2.C13H26N2O5SSi2.C11H17ClO5SSi.C3H10OSi.CH4/c1-11(2)21-19-22(17-3,18-4)10-9-12-5-7-13(8-6-12)20(14,15)16;1-11(2)22-20-23(18-3,19-4)10-9-12-5-7-13(8-6-12)21(16,17)15-14;1-15-19(16-2,17-3)9-8-10-4-6-11(7-5-10)18(12,13)14;1-3(2)5-4;/h5-8,11H,9-10,21H2,1-4H3;5-8,11,15H,9-10,14,22H2,1-4H3;4-7H,8-9H2,1-3H3;3-4H,5H2,1-2H3;1H4. The van der Waals surface area contributed by atoms with Crippen LogP contribution in [0, 0.1) is 0 Å². The zero-order valence-electron chi connectivity index (χ0n) is 42.2. The van der Waals surface area contributed by atoms with Crippen molar-refractivity contribution >= 4 is 105 Å². The van der Waals surface area contributed by atoms with E-state index >= 15 is 0 Å². The lowest BCUT2D eigenvalue weighted by atomic mass is 10.2. The van der Waals surface area contributed by atoms with Crippen molar-refractivity contribution in [3.8, 4) is 0 Å². The van der Waals surface area contributed by atoms with E-state index < -0.39 is 83.8 Å². The normalized spacial score (nSPS) is 12.9. The van der Waals surface area contributed by atoms with Gasteiger partial charge in [-0.25, -0.2) is 25.3 Å². The van der Waals surface area contributed by atoms with Crippen LogP contribution in [0.2, 0.25) is 34.8 Å². The van der Waals surface area contributed by atoms with Gasteiger partial charge in [0.2, 0.25) is 0 Å². The first kappa shape index (κ1) is 71.0. The third kappa shape index (κ3) is 27.4. The lowest BCUT2D eigenvalue weighted by Crippen LogP contribution is -2.45. The summed E-state index contributed by atoms with van der Waals surface area (Å²) in [7, 11) is 0.837. The minimum Gasteiger partial charge on any atom is -0.438 e. The Morgan fingerprint density at radius 1 is 0.500 bits per heavy atom. The molecule has 3 aromatic carbocycles. The molecule has 0 bridgehead atoms. The lowest BCUT2D eigenvalue weighted by molar-refractivity contribution is 0.123. The fourth-order valence-electron chi connectivity index (χ4n) is 5.53. The molecule has 0 amide bonds. The number of rotatable bonds is 27. The third-order valence-electron chi connectivity index (χ3n) is 9.77. The van der Waals surface area contributed by atoms with Crippen LogP contribution in [0.1, 0.15) is 65.7 Å². The van der Waals surface area contributed by atoms with E-state index in [9.17, 15) is 25.3 Å². The molecule has 0 aliphatic heterocycles. The van der Waals surface area contributed by atoms with E-state index in [1.807, 2.05) is 13.8 Å². The van der Waals surface area contributed by atoms with Gasteiger partial charge in [-0.2, -0.15) is 4.83 Å². The molecular weight excluding hydrogens is 1110 g/mol. The van der Waals surface area contributed by atoms with Gasteiger partial charge < -0.3 is 44.0 Å². The van der Waals surface area contributed by atoms with Gasteiger partial charge in [0, 0.05) is 89.3 Å². The Labute approximate surface area is 439 Å². The zero-order chi connectivity index (χ0) is 53.1. The number of nitrogens with one attached hydrogen (secondary N) is 1. The fourth-order valence-corrected chi connectivity index (χ4v) is 19.5. The smallest absolute Gasteiger partial charge is 0.438 e. The van der Waals surface area contributed by atoms with Crippen LogP contribution in [0.3, 0.4) is 0 Å². The van der Waals surface area contributed by atoms with Crippen molar-refractivity contribution in [2.75, 3.05) is 49.8 Å². The second-order valence-corrected chi connectivity index (χ2v) is 39.9. The summed E-state index contributed by atoms with van der Waals surface area (Å²) >= 11 is 0. The Kier molecular flexibility index (Phi) is 35.7. The van der Waals surface area contributed by atoms with Crippen molar-refractivity contribution < 1.29 is 69.3 Å². The molecular formula is C41H80Cl2N2O16S3Si6. The van der Waals surface area contributed by atoms with Crippen LogP contribution >= 0.6 is 21.4 Å². The summed E-state index contributed by atoms with van der Waals surface area (Å²) in [5, 5.41) is 0.